The highest BCUT2D eigenvalue weighted by molar-refractivity contribution is 5.79. The Balaban J connectivity index is 1.99. The first-order valence-electron chi connectivity index (χ1n) is 5.83. The third-order valence-corrected chi connectivity index (χ3v) is 2.96. The van der Waals surface area contributed by atoms with E-state index in [0.29, 0.717) is 26.2 Å². The van der Waals surface area contributed by atoms with Gasteiger partial charge < -0.3 is 14.7 Å². The lowest BCUT2D eigenvalue weighted by Crippen LogP contribution is -2.51. The summed E-state index contributed by atoms with van der Waals surface area (Å²) in [6.07, 6.45) is 0.386. The number of carbonyl (C=O) groups is 1. The van der Waals surface area contributed by atoms with Crippen molar-refractivity contribution in [3.8, 4) is 0 Å². The molecule has 1 aromatic rings. The second-order valence-electron chi connectivity index (χ2n) is 4.16. The van der Waals surface area contributed by atoms with E-state index in [0.717, 1.165) is 5.56 Å². The lowest BCUT2D eigenvalue weighted by molar-refractivity contribution is -0.140. The van der Waals surface area contributed by atoms with Gasteiger partial charge in [0, 0.05) is 6.54 Å². The molecule has 0 bridgehead atoms. The molecule has 1 heterocycles. The van der Waals surface area contributed by atoms with Crippen molar-refractivity contribution in [2.75, 3.05) is 26.4 Å². The van der Waals surface area contributed by atoms with E-state index in [9.17, 15) is 9.90 Å². The van der Waals surface area contributed by atoms with Gasteiger partial charge in [0.15, 0.2) is 0 Å². The van der Waals surface area contributed by atoms with Crippen LogP contribution in [0.4, 0.5) is 0 Å². The summed E-state index contributed by atoms with van der Waals surface area (Å²) in [5, 5.41) is 9.20. The monoisotopic (exact) mass is 235 g/mol. The van der Waals surface area contributed by atoms with Crippen LogP contribution in [-0.4, -0.2) is 48.3 Å². The third kappa shape index (κ3) is 3.05. The summed E-state index contributed by atoms with van der Waals surface area (Å²) >= 11 is 0. The Morgan fingerprint density at radius 2 is 2.18 bits per heavy atom. The van der Waals surface area contributed by atoms with Gasteiger partial charge in [-0.25, -0.2) is 0 Å². The summed E-state index contributed by atoms with van der Waals surface area (Å²) in [6, 6.07) is 9.45. The van der Waals surface area contributed by atoms with E-state index < -0.39 is 0 Å². The Kier molecular flexibility index (Phi) is 4.12. The maximum Gasteiger partial charge on any atom is 0.227 e. The van der Waals surface area contributed by atoms with Gasteiger partial charge in [-0.15, -0.1) is 0 Å². The number of hydrogen-bond acceptors (Lipinski definition) is 3. The number of rotatable bonds is 3. The van der Waals surface area contributed by atoms with E-state index in [4.69, 9.17) is 4.74 Å². The molecule has 1 unspecified atom stereocenters. The topological polar surface area (TPSA) is 49.8 Å². The largest absolute Gasteiger partial charge is 0.394 e. The first kappa shape index (κ1) is 12.1. The minimum Gasteiger partial charge on any atom is -0.394 e. The molecule has 17 heavy (non-hydrogen) atoms. The minimum atomic E-state index is -0.194. The predicted molar refractivity (Wildman–Crippen MR) is 63.6 cm³/mol. The molecule has 1 amide bonds. The second kappa shape index (κ2) is 5.80. The number of aliphatic hydroxyl groups is 1. The van der Waals surface area contributed by atoms with Crippen molar-refractivity contribution < 1.29 is 14.6 Å². The summed E-state index contributed by atoms with van der Waals surface area (Å²) in [7, 11) is 0. The summed E-state index contributed by atoms with van der Waals surface area (Å²) < 4.78 is 5.25. The van der Waals surface area contributed by atoms with Crippen LogP contribution in [0.1, 0.15) is 5.56 Å². The van der Waals surface area contributed by atoms with Crippen LogP contribution in [0.2, 0.25) is 0 Å². The number of nitrogens with zero attached hydrogens (tertiary/aromatic N) is 1. The van der Waals surface area contributed by atoms with Crippen molar-refractivity contribution in [2.45, 2.75) is 12.5 Å². The number of aliphatic hydroxyl groups excluding tert-OH is 1. The highest BCUT2D eigenvalue weighted by atomic mass is 16.5. The molecule has 0 radical (unpaired) electrons. The van der Waals surface area contributed by atoms with Gasteiger partial charge in [-0.05, 0) is 5.56 Å². The molecule has 92 valence electrons. The Morgan fingerprint density at radius 3 is 2.88 bits per heavy atom. The molecule has 0 saturated carbocycles. The Morgan fingerprint density at radius 1 is 1.41 bits per heavy atom. The average molecular weight is 235 g/mol. The summed E-state index contributed by atoms with van der Waals surface area (Å²) in [4.78, 5) is 13.8. The average Bonchev–Trinajstić information content (AvgIpc) is 2.40. The molecule has 0 aliphatic carbocycles. The molecule has 4 nitrogen and oxygen atoms in total. The fraction of sp³-hybridized carbons (Fsp3) is 0.462. The molecule has 0 spiro atoms. The summed E-state index contributed by atoms with van der Waals surface area (Å²) in [5.74, 6) is 0.0542. The number of ether oxygens (including phenoxy) is 1. The highest BCUT2D eigenvalue weighted by Crippen LogP contribution is 2.10. The van der Waals surface area contributed by atoms with Crippen molar-refractivity contribution in [2.24, 2.45) is 0 Å². The lowest BCUT2D eigenvalue weighted by atomic mass is 10.1. The zero-order chi connectivity index (χ0) is 12.1. The predicted octanol–water partition coefficient (Wildman–Crippen LogP) is 0.449. The van der Waals surface area contributed by atoms with Crippen LogP contribution in [0, 0.1) is 0 Å². The smallest absolute Gasteiger partial charge is 0.227 e. The molecule has 1 N–H and O–H groups in total. The molecule has 4 heteroatoms. The highest BCUT2D eigenvalue weighted by Gasteiger charge is 2.26. The maximum absolute atomic E-state index is 12.1. The summed E-state index contributed by atoms with van der Waals surface area (Å²) in [6.45, 7) is 1.51. The standard InChI is InChI=1S/C13H17NO3/c15-9-12-10-17-7-6-14(12)13(16)8-11-4-2-1-3-5-11/h1-5,12,15H,6-10H2. The van der Waals surface area contributed by atoms with Gasteiger partial charge in [0.2, 0.25) is 5.91 Å². The number of morpholine rings is 1. The zero-order valence-electron chi connectivity index (χ0n) is 9.71. The van der Waals surface area contributed by atoms with Crippen LogP contribution < -0.4 is 0 Å². The van der Waals surface area contributed by atoms with Crippen LogP contribution in [0.15, 0.2) is 30.3 Å². The zero-order valence-corrected chi connectivity index (χ0v) is 9.71. The Labute approximate surface area is 101 Å². The Bertz CT molecular complexity index is 366. The molecule has 1 saturated heterocycles. The molecule has 1 aromatic carbocycles. The van der Waals surface area contributed by atoms with Gasteiger partial charge in [0.05, 0.1) is 32.3 Å². The number of hydrogen-bond donors (Lipinski definition) is 1. The first-order chi connectivity index (χ1) is 8.31. The molecule has 1 aliphatic rings. The number of amides is 1. The quantitative estimate of drug-likeness (QED) is 0.827. The van der Waals surface area contributed by atoms with Gasteiger partial charge in [0.1, 0.15) is 0 Å². The van der Waals surface area contributed by atoms with Gasteiger partial charge in [-0.2, -0.15) is 0 Å². The molecule has 1 fully saturated rings. The second-order valence-corrected chi connectivity index (χ2v) is 4.16. The minimum absolute atomic E-state index is 0.0411. The lowest BCUT2D eigenvalue weighted by Gasteiger charge is -2.34. The van der Waals surface area contributed by atoms with E-state index >= 15 is 0 Å². The van der Waals surface area contributed by atoms with Gasteiger partial charge >= 0.3 is 0 Å². The fourth-order valence-electron chi connectivity index (χ4n) is 2.01. The van der Waals surface area contributed by atoms with Crippen molar-refractivity contribution in [3.05, 3.63) is 35.9 Å². The van der Waals surface area contributed by atoms with Gasteiger partial charge in [-0.3, -0.25) is 4.79 Å². The van der Waals surface area contributed by atoms with Crippen LogP contribution in [0.3, 0.4) is 0 Å². The van der Waals surface area contributed by atoms with Crippen molar-refractivity contribution >= 4 is 5.91 Å². The van der Waals surface area contributed by atoms with E-state index in [1.54, 1.807) is 4.90 Å². The summed E-state index contributed by atoms with van der Waals surface area (Å²) in [5.41, 5.74) is 1.00. The molecular weight excluding hydrogens is 218 g/mol. The van der Waals surface area contributed by atoms with Gasteiger partial charge in [0.25, 0.3) is 0 Å². The van der Waals surface area contributed by atoms with E-state index in [1.165, 1.54) is 0 Å². The van der Waals surface area contributed by atoms with E-state index in [1.807, 2.05) is 30.3 Å². The van der Waals surface area contributed by atoms with Crippen LogP contribution in [-0.2, 0) is 16.0 Å². The van der Waals surface area contributed by atoms with E-state index in [2.05, 4.69) is 0 Å². The number of benzene rings is 1. The molecule has 2 rings (SSSR count). The normalized spacial score (nSPS) is 20.3. The maximum atomic E-state index is 12.1. The molecular formula is C13H17NO3. The van der Waals surface area contributed by atoms with Crippen LogP contribution in [0.25, 0.3) is 0 Å². The van der Waals surface area contributed by atoms with Crippen molar-refractivity contribution in [1.82, 2.24) is 4.90 Å². The van der Waals surface area contributed by atoms with Crippen molar-refractivity contribution in [3.63, 3.8) is 0 Å². The third-order valence-electron chi connectivity index (χ3n) is 2.96. The number of carbonyl (C=O) groups excluding carboxylic acids is 1. The van der Waals surface area contributed by atoms with Crippen LogP contribution >= 0.6 is 0 Å². The molecule has 1 atom stereocenters. The molecule has 0 aromatic heterocycles. The Hall–Kier alpha value is -1.39. The van der Waals surface area contributed by atoms with Crippen LogP contribution in [0.5, 0.6) is 0 Å². The van der Waals surface area contributed by atoms with Gasteiger partial charge in [-0.1, -0.05) is 30.3 Å². The fourth-order valence-corrected chi connectivity index (χ4v) is 2.01. The van der Waals surface area contributed by atoms with Crippen molar-refractivity contribution in [1.29, 1.82) is 0 Å². The first-order valence-corrected chi connectivity index (χ1v) is 5.83. The van der Waals surface area contributed by atoms with E-state index in [-0.39, 0.29) is 18.6 Å². The molecule has 1 aliphatic heterocycles. The SMILES string of the molecule is O=C(Cc1ccccc1)N1CCOCC1CO.